The van der Waals surface area contributed by atoms with E-state index in [1.54, 1.807) is 6.92 Å². The number of ether oxygens (including phenoxy) is 2. The zero-order chi connectivity index (χ0) is 13.7. The molecule has 0 aromatic heterocycles. The summed E-state index contributed by atoms with van der Waals surface area (Å²) in [5, 5.41) is 0. The quantitative estimate of drug-likeness (QED) is 0.699. The first-order valence-electron chi connectivity index (χ1n) is 6.07. The van der Waals surface area contributed by atoms with Crippen LogP contribution in [0.15, 0.2) is 16.1 Å². The third kappa shape index (κ3) is 3.18. The van der Waals surface area contributed by atoms with Crippen LogP contribution >= 0.6 is 0 Å². The third-order valence-electron chi connectivity index (χ3n) is 2.80. The maximum Gasteiger partial charge on any atom is 0.335 e. The van der Waals surface area contributed by atoms with Gasteiger partial charge in [-0.2, -0.15) is 0 Å². The molecule has 0 aromatic rings. The third-order valence-corrected chi connectivity index (χ3v) is 2.80. The molecule has 0 amide bonds. The molecular formula is C13H19NO4. The molecule has 1 aliphatic heterocycles. The lowest BCUT2D eigenvalue weighted by Crippen LogP contribution is -2.21. The van der Waals surface area contributed by atoms with Crippen LogP contribution in [0.5, 0.6) is 0 Å². The fourth-order valence-corrected chi connectivity index (χ4v) is 1.95. The second-order valence-electron chi connectivity index (χ2n) is 4.03. The summed E-state index contributed by atoms with van der Waals surface area (Å²) in [6.45, 7) is 7.40. The first-order valence-corrected chi connectivity index (χ1v) is 6.07. The van der Waals surface area contributed by atoms with Crippen molar-refractivity contribution in [1.29, 1.82) is 0 Å². The van der Waals surface area contributed by atoms with E-state index >= 15 is 0 Å². The summed E-state index contributed by atoms with van der Waals surface area (Å²) in [6, 6.07) is -0.578. The van der Waals surface area contributed by atoms with E-state index in [9.17, 15) is 9.59 Å². The highest BCUT2D eigenvalue weighted by Gasteiger charge is 2.30. The Morgan fingerprint density at radius 3 is 2.44 bits per heavy atom. The molecule has 0 fully saturated rings. The number of hydrogen-bond acceptors (Lipinski definition) is 5. The molecule has 0 N–H and O–H groups in total. The van der Waals surface area contributed by atoms with Gasteiger partial charge in [-0.05, 0) is 31.4 Å². The van der Waals surface area contributed by atoms with E-state index < -0.39 is 6.04 Å². The maximum absolute atomic E-state index is 11.7. The number of aliphatic imine (C=N–C) groups is 1. The van der Waals surface area contributed by atoms with Crippen molar-refractivity contribution in [3.05, 3.63) is 11.1 Å². The molecule has 0 spiro atoms. The van der Waals surface area contributed by atoms with Crippen LogP contribution < -0.4 is 0 Å². The Bertz CT molecular complexity index is 409. The predicted octanol–water partition coefficient (Wildman–Crippen LogP) is 1.66. The van der Waals surface area contributed by atoms with Crippen molar-refractivity contribution < 1.29 is 19.1 Å². The molecular weight excluding hydrogens is 234 g/mol. The summed E-state index contributed by atoms with van der Waals surface area (Å²) >= 11 is 0. The van der Waals surface area contributed by atoms with E-state index in [0.717, 1.165) is 17.6 Å². The first kappa shape index (κ1) is 14.4. The number of carbonyl (C=O) groups is 2. The Labute approximate surface area is 107 Å². The second-order valence-corrected chi connectivity index (χ2v) is 4.03. The topological polar surface area (TPSA) is 65.0 Å². The Balaban J connectivity index is 2.86. The molecule has 1 heterocycles. The molecule has 0 unspecified atom stereocenters. The van der Waals surface area contributed by atoms with Gasteiger partial charge in [-0.15, -0.1) is 0 Å². The van der Waals surface area contributed by atoms with Gasteiger partial charge in [0.2, 0.25) is 0 Å². The Morgan fingerprint density at radius 1 is 1.28 bits per heavy atom. The minimum Gasteiger partial charge on any atom is -0.464 e. The molecule has 0 saturated heterocycles. The molecule has 0 saturated carbocycles. The minimum atomic E-state index is -0.578. The lowest BCUT2D eigenvalue weighted by Gasteiger charge is -2.08. The van der Waals surface area contributed by atoms with Gasteiger partial charge in [0, 0.05) is 6.92 Å². The Kier molecular flexibility index (Phi) is 5.07. The van der Waals surface area contributed by atoms with Crippen LogP contribution in [0.25, 0.3) is 0 Å². The van der Waals surface area contributed by atoms with E-state index in [-0.39, 0.29) is 18.5 Å². The average Bonchev–Trinajstić information content (AvgIpc) is 2.63. The maximum atomic E-state index is 11.7. The summed E-state index contributed by atoms with van der Waals surface area (Å²) in [6.07, 6.45) is 0.752. The van der Waals surface area contributed by atoms with Crippen molar-refractivity contribution in [3.8, 4) is 0 Å². The number of esters is 2. The summed E-state index contributed by atoms with van der Waals surface area (Å²) in [7, 11) is 0. The molecule has 0 radical (unpaired) electrons. The largest absolute Gasteiger partial charge is 0.464 e. The van der Waals surface area contributed by atoms with E-state index in [4.69, 9.17) is 9.47 Å². The monoisotopic (exact) mass is 253 g/mol. The minimum absolute atomic E-state index is 0.117. The lowest BCUT2D eigenvalue weighted by atomic mass is 10.0. The lowest BCUT2D eigenvalue weighted by molar-refractivity contribution is -0.143. The van der Waals surface area contributed by atoms with Crippen LogP contribution in [-0.4, -0.2) is 36.9 Å². The van der Waals surface area contributed by atoms with Gasteiger partial charge in [-0.1, -0.05) is 6.92 Å². The van der Waals surface area contributed by atoms with E-state index in [0.29, 0.717) is 12.3 Å². The smallest absolute Gasteiger partial charge is 0.335 e. The number of carbonyl (C=O) groups excluding carboxylic acids is 2. The van der Waals surface area contributed by atoms with Gasteiger partial charge in [-0.25, -0.2) is 4.79 Å². The van der Waals surface area contributed by atoms with Crippen molar-refractivity contribution >= 4 is 17.7 Å². The fraction of sp³-hybridized carbons (Fsp3) is 0.615. The number of nitrogens with zero attached hydrogens (tertiary/aromatic N) is 1. The van der Waals surface area contributed by atoms with E-state index in [1.807, 2.05) is 13.8 Å². The van der Waals surface area contributed by atoms with Gasteiger partial charge in [0.25, 0.3) is 0 Å². The predicted molar refractivity (Wildman–Crippen MR) is 67.5 cm³/mol. The first-order chi connectivity index (χ1) is 8.51. The van der Waals surface area contributed by atoms with Gasteiger partial charge in [0.15, 0.2) is 6.04 Å². The fourth-order valence-electron chi connectivity index (χ4n) is 1.95. The molecule has 1 aliphatic rings. The summed E-state index contributed by atoms with van der Waals surface area (Å²) < 4.78 is 9.91. The molecule has 18 heavy (non-hydrogen) atoms. The highest BCUT2D eigenvalue weighted by atomic mass is 16.5. The summed E-state index contributed by atoms with van der Waals surface area (Å²) in [5.41, 5.74) is 2.54. The van der Waals surface area contributed by atoms with E-state index in [1.165, 1.54) is 6.92 Å². The molecule has 5 nitrogen and oxygen atoms in total. The second kappa shape index (κ2) is 6.33. The van der Waals surface area contributed by atoms with Crippen molar-refractivity contribution in [2.45, 2.75) is 40.2 Å². The molecule has 1 atom stereocenters. The van der Waals surface area contributed by atoms with Gasteiger partial charge in [-0.3, -0.25) is 9.79 Å². The summed E-state index contributed by atoms with van der Waals surface area (Å²) in [4.78, 5) is 26.8. The van der Waals surface area contributed by atoms with Crippen LogP contribution in [0.1, 0.15) is 34.1 Å². The molecule has 5 heteroatoms. The van der Waals surface area contributed by atoms with Gasteiger partial charge in [0.05, 0.1) is 12.3 Å². The molecule has 100 valence electrons. The van der Waals surface area contributed by atoms with Crippen LogP contribution in [-0.2, 0) is 19.1 Å². The number of hydrogen-bond donors (Lipinski definition) is 0. The zero-order valence-electron chi connectivity index (χ0n) is 11.3. The van der Waals surface area contributed by atoms with E-state index in [2.05, 4.69) is 4.99 Å². The van der Waals surface area contributed by atoms with Crippen LogP contribution in [0.2, 0.25) is 0 Å². The van der Waals surface area contributed by atoms with Crippen molar-refractivity contribution in [1.82, 2.24) is 0 Å². The van der Waals surface area contributed by atoms with Gasteiger partial charge >= 0.3 is 11.9 Å². The summed E-state index contributed by atoms with van der Waals surface area (Å²) in [5.74, 6) is -0.704. The SMILES string of the molecule is CCOC(=O)[C@H]1N=C(COC(C)=O)C(CC)=C1C. The van der Waals surface area contributed by atoms with Gasteiger partial charge in [0.1, 0.15) is 6.61 Å². The van der Waals surface area contributed by atoms with Crippen LogP contribution in [0.4, 0.5) is 0 Å². The highest BCUT2D eigenvalue weighted by molar-refractivity contribution is 6.07. The van der Waals surface area contributed by atoms with Crippen molar-refractivity contribution in [2.24, 2.45) is 4.99 Å². The van der Waals surface area contributed by atoms with Crippen molar-refractivity contribution in [3.63, 3.8) is 0 Å². The number of rotatable bonds is 5. The highest BCUT2D eigenvalue weighted by Crippen LogP contribution is 2.25. The zero-order valence-corrected chi connectivity index (χ0v) is 11.3. The van der Waals surface area contributed by atoms with Crippen molar-refractivity contribution in [2.75, 3.05) is 13.2 Å². The van der Waals surface area contributed by atoms with Crippen LogP contribution in [0.3, 0.4) is 0 Å². The molecule has 1 rings (SSSR count). The Hall–Kier alpha value is -1.65. The van der Waals surface area contributed by atoms with Crippen LogP contribution in [0, 0.1) is 0 Å². The molecule has 0 bridgehead atoms. The molecule has 0 aliphatic carbocycles. The average molecular weight is 253 g/mol. The Morgan fingerprint density at radius 2 is 1.94 bits per heavy atom. The van der Waals surface area contributed by atoms with Gasteiger partial charge < -0.3 is 9.47 Å². The normalized spacial score (nSPS) is 18.7. The standard InChI is InChI=1S/C13H19NO4/c1-5-10-8(3)12(13(16)17-6-2)14-11(10)7-18-9(4)15/h12H,5-7H2,1-4H3/t12-/m0/s1. The molecule has 0 aromatic carbocycles.